The number of aromatic nitrogens is 1. The van der Waals surface area contributed by atoms with Crippen LogP contribution in [0.4, 0.5) is 13.2 Å². The SMILES string of the molecule is CCOC(=O)[C@H](Cc1ccccc1)NC(=O)c1cn(CC)c2cc(C(F)(F)F)ccc2c1=O. The van der Waals surface area contributed by atoms with Crippen molar-refractivity contribution in [1.82, 2.24) is 9.88 Å². The van der Waals surface area contributed by atoms with Crippen LogP contribution in [0, 0.1) is 0 Å². The van der Waals surface area contributed by atoms with Crippen LogP contribution in [0.5, 0.6) is 0 Å². The van der Waals surface area contributed by atoms with E-state index in [1.54, 1.807) is 38.1 Å². The van der Waals surface area contributed by atoms with Crippen molar-refractivity contribution in [2.24, 2.45) is 0 Å². The lowest BCUT2D eigenvalue weighted by molar-refractivity contribution is -0.145. The first-order valence-corrected chi connectivity index (χ1v) is 10.4. The molecule has 3 rings (SSSR count). The molecule has 33 heavy (non-hydrogen) atoms. The highest BCUT2D eigenvalue weighted by Gasteiger charge is 2.31. The molecule has 1 heterocycles. The molecule has 1 aromatic heterocycles. The number of aryl methyl sites for hydroxylation is 1. The number of ether oxygens (including phenoxy) is 1. The van der Waals surface area contributed by atoms with Crippen LogP contribution < -0.4 is 10.7 Å². The summed E-state index contributed by atoms with van der Waals surface area (Å²) in [6.45, 7) is 3.66. The van der Waals surface area contributed by atoms with E-state index < -0.39 is 35.1 Å². The van der Waals surface area contributed by atoms with Crippen molar-refractivity contribution in [3.05, 3.63) is 81.6 Å². The summed E-state index contributed by atoms with van der Waals surface area (Å²) in [6.07, 6.45) is -3.20. The fourth-order valence-corrected chi connectivity index (χ4v) is 3.51. The Kier molecular flexibility index (Phi) is 7.20. The number of pyridine rings is 1. The summed E-state index contributed by atoms with van der Waals surface area (Å²) in [6, 6.07) is 10.7. The fourth-order valence-electron chi connectivity index (χ4n) is 3.51. The van der Waals surface area contributed by atoms with E-state index in [-0.39, 0.29) is 36.0 Å². The third-order valence-electron chi connectivity index (χ3n) is 5.15. The Bertz CT molecular complexity index is 1220. The van der Waals surface area contributed by atoms with Gasteiger partial charge in [-0.1, -0.05) is 30.3 Å². The fraction of sp³-hybridized carbons (Fsp3) is 0.292. The van der Waals surface area contributed by atoms with Gasteiger partial charge in [-0.15, -0.1) is 0 Å². The second-order valence-corrected chi connectivity index (χ2v) is 7.36. The van der Waals surface area contributed by atoms with Crippen LogP contribution in [0.25, 0.3) is 10.9 Å². The number of hydrogen-bond acceptors (Lipinski definition) is 4. The van der Waals surface area contributed by atoms with Crippen molar-refractivity contribution in [1.29, 1.82) is 0 Å². The highest BCUT2D eigenvalue weighted by Crippen LogP contribution is 2.31. The minimum Gasteiger partial charge on any atom is -0.464 e. The average molecular weight is 460 g/mol. The van der Waals surface area contributed by atoms with Crippen molar-refractivity contribution in [3.63, 3.8) is 0 Å². The minimum absolute atomic E-state index is 0.0201. The lowest BCUT2D eigenvalue weighted by Gasteiger charge is -2.18. The quantitative estimate of drug-likeness (QED) is 0.542. The lowest BCUT2D eigenvalue weighted by atomic mass is 10.0. The molecule has 1 N–H and O–H groups in total. The van der Waals surface area contributed by atoms with Crippen LogP contribution in [-0.2, 0) is 28.7 Å². The number of esters is 1. The van der Waals surface area contributed by atoms with E-state index in [9.17, 15) is 27.6 Å². The summed E-state index contributed by atoms with van der Waals surface area (Å²) in [5, 5.41) is 2.53. The summed E-state index contributed by atoms with van der Waals surface area (Å²) in [5.74, 6) is -1.46. The van der Waals surface area contributed by atoms with Gasteiger partial charge in [-0.3, -0.25) is 9.59 Å². The highest BCUT2D eigenvalue weighted by molar-refractivity contribution is 5.99. The summed E-state index contributed by atoms with van der Waals surface area (Å²) < 4.78 is 45.8. The number of alkyl halides is 3. The smallest absolute Gasteiger partial charge is 0.416 e. The second kappa shape index (κ2) is 9.89. The van der Waals surface area contributed by atoms with Crippen molar-refractivity contribution >= 4 is 22.8 Å². The molecule has 6 nitrogen and oxygen atoms in total. The van der Waals surface area contributed by atoms with Gasteiger partial charge in [-0.2, -0.15) is 13.2 Å². The van der Waals surface area contributed by atoms with E-state index in [4.69, 9.17) is 4.74 Å². The number of halogens is 3. The van der Waals surface area contributed by atoms with E-state index in [2.05, 4.69) is 5.32 Å². The second-order valence-electron chi connectivity index (χ2n) is 7.36. The van der Waals surface area contributed by atoms with Gasteiger partial charge < -0.3 is 14.6 Å². The Labute approximate surface area is 188 Å². The molecule has 0 aliphatic heterocycles. The van der Waals surface area contributed by atoms with Crippen LogP contribution in [-0.4, -0.2) is 29.1 Å². The van der Waals surface area contributed by atoms with Gasteiger partial charge in [0.25, 0.3) is 5.91 Å². The standard InChI is InChI=1S/C24H23F3N2O4/c1-3-29-14-18(21(30)17-11-10-16(13-20(17)29)24(25,26)27)22(31)28-19(23(32)33-4-2)12-15-8-6-5-7-9-15/h5-11,13-14,19H,3-4,12H2,1-2H3,(H,28,31)/t19-/m0/s1. The zero-order valence-corrected chi connectivity index (χ0v) is 18.1. The predicted octanol–water partition coefficient (Wildman–Crippen LogP) is 3.94. The molecule has 0 bridgehead atoms. The van der Waals surface area contributed by atoms with Gasteiger partial charge in [-0.05, 0) is 37.6 Å². The Hall–Kier alpha value is -3.62. The highest BCUT2D eigenvalue weighted by atomic mass is 19.4. The number of nitrogens with one attached hydrogen (secondary N) is 1. The molecule has 0 radical (unpaired) electrons. The average Bonchev–Trinajstić information content (AvgIpc) is 2.79. The first-order valence-electron chi connectivity index (χ1n) is 10.4. The first kappa shape index (κ1) is 24.0. The van der Waals surface area contributed by atoms with Gasteiger partial charge in [-0.25, -0.2) is 4.79 Å². The largest absolute Gasteiger partial charge is 0.464 e. The number of nitrogens with zero attached hydrogens (tertiary/aromatic N) is 1. The van der Waals surface area contributed by atoms with Gasteiger partial charge in [0.05, 0.1) is 17.7 Å². The Morgan fingerprint density at radius 2 is 1.79 bits per heavy atom. The number of carbonyl (C=O) groups excluding carboxylic acids is 2. The van der Waals surface area contributed by atoms with Crippen LogP contribution in [0.1, 0.15) is 35.3 Å². The van der Waals surface area contributed by atoms with Crippen molar-refractivity contribution in [3.8, 4) is 0 Å². The Balaban J connectivity index is 1.99. The molecule has 1 atom stereocenters. The molecular weight excluding hydrogens is 437 g/mol. The van der Waals surface area contributed by atoms with E-state index >= 15 is 0 Å². The molecular formula is C24H23F3N2O4. The Morgan fingerprint density at radius 3 is 2.39 bits per heavy atom. The molecule has 0 aliphatic carbocycles. The molecule has 0 unspecified atom stereocenters. The third-order valence-corrected chi connectivity index (χ3v) is 5.15. The van der Waals surface area contributed by atoms with Crippen molar-refractivity contribution in [2.45, 2.75) is 39.0 Å². The maximum atomic E-state index is 13.1. The molecule has 0 saturated carbocycles. The molecule has 1 amide bonds. The van der Waals surface area contributed by atoms with E-state index in [1.807, 2.05) is 6.07 Å². The molecule has 0 aliphatic rings. The van der Waals surface area contributed by atoms with E-state index in [0.29, 0.717) is 0 Å². The van der Waals surface area contributed by atoms with Gasteiger partial charge in [0.2, 0.25) is 5.43 Å². The van der Waals surface area contributed by atoms with Crippen molar-refractivity contribution < 1.29 is 27.5 Å². The molecule has 9 heteroatoms. The van der Waals surface area contributed by atoms with Crippen LogP contribution >= 0.6 is 0 Å². The van der Waals surface area contributed by atoms with Crippen LogP contribution in [0.2, 0.25) is 0 Å². The minimum atomic E-state index is -4.57. The molecule has 3 aromatic rings. The van der Waals surface area contributed by atoms with Crippen LogP contribution in [0.3, 0.4) is 0 Å². The van der Waals surface area contributed by atoms with Gasteiger partial charge in [0, 0.05) is 24.5 Å². The number of rotatable bonds is 7. The topological polar surface area (TPSA) is 77.4 Å². The maximum Gasteiger partial charge on any atom is 0.416 e. The van der Waals surface area contributed by atoms with E-state index in [0.717, 1.165) is 23.8 Å². The third kappa shape index (κ3) is 5.42. The maximum absolute atomic E-state index is 13.1. The number of hydrogen-bond donors (Lipinski definition) is 1. The summed E-state index contributed by atoms with van der Waals surface area (Å²) in [7, 11) is 0. The summed E-state index contributed by atoms with van der Waals surface area (Å²) in [5.41, 5.74) is -1.03. The first-order chi connectivity index (χ1) is 15.7. The Morgan fingerprint density at radius 1 is 1.09 bits per heavy atom. The molecule has 0 spiro atoms. The molecule has 0 fully saturated rings. The monoisotopic (exact) mass is 460 g/mol. The van der Waals surface area contributed by atoms with Crippen molar-refractivity contribution in [2.75, 3.05) is 6.61 Å². The number of fused-ring (bicyclic) bond motifs is 1. The molecule has 2 aromatic carbocycles. The van der Waals surface area contributed by atoms with Gasteiger partial charge >= 0.3 is 12.1 Å². The number of benzene rings is 2. The molecule has 174 valence electrons. The van der Waals surface area contributed by atoms with E-state index in [1.165, 1.54) is 10.8 Å². The summed E-state index contributed by atoms with van der Waals surface area (Å²) in [4.78, 5) is 38.4. The predicted molar refractivity (Wildman–Crippen MR) is 117 cm³/mol. The van der Waals surface area contributed by atoms with Gasteiger partial charge in [0.15, 0.2) is 0 Å². The number of amides is 1. The van der Waals surface area contributed by atoms with Crippen LogP contribution in [0.15, 0.2) is 59.5 Å². The zero-order chi connectivity index (χ0) is 24.2. The lowest BCUT2D eigenvalue weighted by Crippen LogP contribution is -2.44. The van der Waals surface area contributed by atoms with Gasteiger partial charge in [0.1, 0.15) is 11.6 Å². The zero-order valence-electron chi connectivity index (χ0n) is 18.1. The molecule has 0 saturated heterocycles. The normalized spacial score (nSPS) is 12.4. The number of carbonyl (C=O) groups is 2. The summed E-state index contributed by atoms with van der Waals surface area (Å²) >= 11 is 0.